The molecule has 1 aromatic carbocycles. The maximum absolute atomic E-state index is 6.28. The number of fused-ring (bicyclic) bond motifs is 1. The van der Waals surface area contributed by atoms with Gasteiger partial charge in [-0.05, 0) is 37.2 Å². The third kappa shape index (κ3) is 2.56. The molecule has 106 valence electrons. The normalized spacial score (nSPS) is 18.7. The minimum Gasteiger partial charge on any atom is -0.490 e. The summed E-state index contributed by atoms with van der Waals surface area (Å²) in [5, 5.41) is 3.31. The number of thiophene rings is 1. The summed E-state index contributed by atoms with van der Waals surface area (Å²) in [7, 11) is 1.93. The molecule has 0 aliphatic carbocycles. The van der Waals surface area contributed by atoms with E-state index in [9.17, 15) is 0 Å². The molecule has 2 unspecified atom stereocenters. The van der Waals surface area contributed by atoms with Crippen LogP contribution >= 0.6 is 34.5 Å². The Morgan fingerprint density at radius 1 is 1.35 bits per heavy atom. The summed E-state index contributed by atoms with van der Waals surface area (Å²) in [4.78, 5) is 0. The van der Waals surface area contributed by atoms with E-state index in [1.54, 1.807) is 0 Å². The van der Waals surface area contributed by atoms with Gasteiger partial charge < -0.3 is 10.1 Å². The highest BCUT2D eigenvalue weighted by atomic mass is 35.5. The first-order valence-corrected chi connectivity index (χ1v) is 8.07. The van der Waals surface area contributed by atoms with Gasteiger partial charge in [0.1, 0.15) is 11.9 Å². The highest BCUT2D eigenvalue weighted by Gasteiger charge is 2.23. The smallest absolute Gasteiger partial charge is 0.123 e. The zero-order valence-electron chi connectivity index (χ0n) is 11.2. The molecule has 5 heteroatoms. The van der Waals surface area contributed by atoms with Crippen LogP contribution in [0.15, 0.2) is 24.3 Å². The fourth-order valence-electron chi connectivity index (χ4n) is 2.67. The molecule has 1 N–H and O–H groups in total. The molecular weight excluding hydrogens is 313 g/mol. The van der Waals surface area contributed by atoms with Crippen LogP contribution in [0.2, 0.25) is 8.67 Å². The molecule has 0 saturated heterocycles. The summed E-state index contributed by atoms with van der Waals surface area (Å²) < 4.78 is 7.19. The van der Waals surface area contributed by atoms with Gasteiger partial charge in [0.25, 0.3) is 0 Å². The predicted octanol–water partition coefficient (Wildman–Crippen LogP) is 4.69. The van der Waals surface area contributed by atoms with Gasteiger partial charge >= 0.3 is 0 Å². The van der Waals surface area contributed by atoms with Crippen LogP contribution in [0.1, 0.15) is 29.7 Å². The van der Waals surface area contributed by atoms with Gasteiger partial charge in [-0.2, -0.15) is 0 Å². The molecule has 0 spiro atoms. The van der Waals surface area contributed by atoms with E-state index in [-0.39, 0.29) is 12.1 Å². The number of halogens is 2. The van der Waals surface area contributed by atoms with Gasteiger partial charge in [-0.15, -0.1) is 11.3 Å². The van der Waals surface area contributed by atoms with Crippen LogP contribution < -0.4 is 10.1 Å². The Morgan fingerprint density at radius 2 is 2.15 bits per heavy atom. The summed E-state index contributed by atoms with van der Waals surface area (Å²) in [6.45, 7) is 2.09. The zero-order valence-corrected chi connectivity index (χ0v) is 13.6. The van der Waals surface area contributed by atoms with E-state index >= 15 is 0 Å². The molecule has 1 aromatic heterocycles. The fraction of sp³-hybridized carbons (Fsp3) is 0.333. The van der Waals surface area contributed by atoms with Crippen molar-refractivity contribution in [2.75, 3.05) is 7.05 Å². The molecule has 2 nitrogen and oxygen atoms in total. The first-order chi connectivity index (χ1) is 9.58. The van der Waals surface area contributed by atoms with Crippen LogP contribution in [0.3, 0.4) is 0 Å². The second-order valence-electron chi connectivity index (χ2n) is 5.00. The van der Waals surface area contributed by atoms with Crippen molar-refractivity contribution in [3.05, 3.63) is 49.6 Å². The third-order valence-electron chi connectivity index (χ3n) is 3.54. The standard InChI is InChI=1S/C15H15Cl2NOS/c1-8-5-10-6-9(3-4-12(10)19-8)14(18-2)11-7-13(16)20-15(11)17/h3-4,6-8,14,18H,5H2,1-2H3. The molecule has 2 heterocycles. The van der Waals surface area contributed by atoms with Crippen LogP contribution in [0.4, 0.5) is 0 Å². The Kier molecular flexibility index (Phi) is 3.95. The topological polar surface area (TPSA) is 21.3 Å². The van der Waals surface area contributed by atoms with Gasteiger partial charge in [0.15, 0.2) is 0 Å². The molecule has 1 aliphatic rings. The van der Waals surface area contributed by atoms with Crippen LogP contribution in [-0.4, -0.2) is 13.2 Å². The first-order valence-electron chi connectivity index (χ1n) is 6.50. The third-order valence-corrected chi connectivity index (χ3v) is 5.05. The van der Waals surface area contributed by atoms with Crippen molar-refractivity contribution in [2.45, 2.75) is 25.5 Å². The Labute approximate surface area is 132 Å². The first kappa shape index (κ1) is 14.2. The summed E-state index contributed by atoms with van der Waals surface area (Å²) >= 11 is 13.7. The summed E-state index contributed by atoms with van der Waals surface area (Å²) in [5.74, 6) is 0.991. The Balaban J connectivity index is 1.98. The van der Waals surface area contributed by atoms with Crippen molar-refractivity contribution in [1.29, 1.82) is 0 Å². The molecule has 0 saturated carbocycles. The second-order valence-corrected chi connectivity index (χ2v) is 7.29. The molecule has 0 radical (unpaired) electrons. The van der Waals surface area contributed by atoms with E-state index in [0.29, 0.717) is 4.34 Å². The predicted molar refractivity (Wildman–Crippen MR) is 85.5 cm³/mol. The summed E-state index contributed by atoms with van der Waals surface area (Å²) in [6.07, 6.45) is 1.21. The lowest BCUT2D eigenvalue weighted by Gasteiger charge is -2.17. The quantitative estimate of drug-likeness (QED) is 0.883. The van der Waals surface area contributed by atoms with Crippen molar-refractivity contribution in [1.82, 2.24) is 5.32 Å². The second kappa shape index (κ2) is 5.57. The average Bonchev–Trinajstić information content (AvgIpc) is 2.92. The van der Waals surface area contributed by atoms with Crippen LogP contribution in [-0.2, 0) is 6.42 Å². The van der Waals surface area contributed by atoms with Crippen molar-refractivity contribution >= 4 is 34.5 Å². The van der Waals surface area contributed by atoms with Crippen molar-refractivity contribution in [3.8, 4) is 5.75 Å². The van der Waals surface area contributed by atoms with Gasteiger partial charge in [-0.3, -0.25) is 0 Å². The molecule has 20 heavy (non-hydrogen) atoms. The zero-order chi connectivity index (χ0) is 14.3. The lowest BCUT2D eigenvalue weighted by Crippen LogP contribution is -2.17. The SMILES string of the molecule is CNC(c1ccc2c(c1)CC(C)O2)c1cc(Cl)sc1Cl. The van der Waals surface area contributed by atoms with E-state index < -0.39 is 0 Å². The average molecular weight is 328 g/mol. The van der Waals surface area contributed by atoms with Gasteiger partial charge in [0.2, 0.25) is 0 Å². The summed E-state index contributed by atoms with van der Waals surface area (Å²) in [6, 6.07) is 8.30. The number of benzene rings is 1. The van der Waals surface area contributed by atoms with Crippen molar-refractivity contribution < 1.29 is 4.74 Å². The maximum Gasteiger partial charge on any atom is 0.123 e. The highest BCUT2D eigenvalue weighted by molar-refractivity contribution is 7.20. The van der Waals surface area contributed by atoms with Crippen molar-refractivity contribution in [3.63, 3.8) is 0 Å². The number of rotatable bonds is 3. The van der Waals surface area contributed by atoms with Crippen LogP contribution in [0, 0.1) is 0 Å². The van der Waals surface area contributed by atoms with Crippen LogP contribution in [0.25, 0.3) is 0 Å². The minimum atomic E-state index is 0.0486. The molecule has 0 fully saturated rings. The number of hydrogen-bond donors (Lipinski definition) is 1. The molecule has 2 aromatic rings. The van der Waals surface area contributed by atoms with Gasteiger partial charge in [-0.25, -0.2) is 0 Å². The van der Waals surface area contributed by atoms with Gasteiger partial charge in [0.05, 0.1) is 14.7 Å². The lowest BCUT2D eigenvalue weighted by atomic mass is 9.98. The molecule has 0 amide bonds. The minimum absolute atomic E-state index is 0.0486. The fourth-order valence-corrected chi connectivity index (χ4v) is 4.21. The Bertz CT molecular complexity index is 641. The van der Waals surface area contributed by atoms with E-state index in [1.165, 1.54) is 22.5 Å². The Hall–Kier alpha value is -0.740. The molecule has 1 aliphatic heterocycles. The monoisotopic (exact) mass is 327 g/mol. The van der Waals surface area contributed by atoms with E-state index in [1.807, 2.05) is 19.2 Å². The Morgan fingerprint density at radius 3 is 2.80 bits per heavy atom. The maximum atomic E-state index is 6.28. The number of ether oxygens (including phenoxy) is 1. The number of hydrogen-bond acceptors (Lipinski definition) is 3. The van der Waals surface area contributed by atoms with E-state index in [2.05, 4.69) is 24.4 Å². The van der Waals surface area contributed by atoms with Crippen molar-refractivity contribution in [2.24, 2.45) is 0 Å². The largest absolute Gasteiger partial charge is 0.490 e. The summed E-state index contributed by atoms with van der Waals surface area (Å²) in [5.41, 5.74) is 3.46. The highest BCUT2D eigenvalue weighted by Crippen LogP contribution is 2.39. The molecular formula is C15H15Cl2NOS. The molecule has 3 rings (SSSR count). The van der Waals surface area contributed by atoms with Gasteiger partial charge in [-0.1, -0.05) is 35.3 Å². The van der Waals surface area contributed by atoms with Crippen LogP contribution in [0.5, 0.6) is 5.75 Å². The van der Waals surface area contributed by atoms with E-state index in [0.717, 1.165) is 22.1 Å². The molecule has 0 bridgehead atoms. The van der Waals surface area contributed by atoms with Gasteiger partial charge in [0, 0.05) is 12.0 Å². The molecule has 2 atom stereocenters. The lowest BCUT2D eigenvalue weighted by molar-refractivity contribution is 0.254. The van der Waals surface area contributed by atoms with E-state index in [4.69, 9.17) is 27.9 Å². The number of nitrogens with one attached hydrogen (secondary N) is 1.